The maximum atomic E-state index is 13.8. The number of rotatable bonds is 8. The normalized spacial score (nSPS) is 18.6. The Labute approximate surface area is 235 Å². The lowest BCUT2D eigenvalue weighted by atomic mass is 10.1. The van der Waals surface area contributed by atoms with Crippen molar-refractivity contribution in [2.24, 2.45) is 0 Å². The zero-order chi connectivity index (χ0) is 29.5. The molecule has 0 radical (unpaired) electrons. The first-order chi connectivity index (χ1) is 18.6. The Morgan fingerprint density at radius 3 is 2.38 bits per heavy atom. The number of ether oxygens (including phenoxy) is 1. The molecule has 0 bridgehead atoms. The predicted molar refractivity (Wildman–Crippen MR) is 152 cm³/mol. The standard InChI is InChI=1S/C31H38N4O5/c1-20(28(38)35(7)19-31(35,5)6)34(27(37)26(36)24-17-32-25-14-9-8-13-23(24)25)18-22-12-10-11-21(15-22)16-33-29(39)40-30(2,3)4/h8-15,17,20H,16,18-19H2,1-7H3,(H-,32,33,36,39)/p+1. The number of Topliss-reactive ketones (excluding diaryl/α,β-unsaturated/α-hetero) is 1. The molecule has 0 spiro atoms. The molecule has 0 aliphatic carbocycles. The number of amides is 3. The van der Waals surface area contributed by atoms with Crippen LogP contribution in [0.3, 0.4) is 0 Å². The van der Waals surface area contributed by atoms with Crippen molar-refractivity contribution >= 4 is 34.6 Å². The van der Waals surface area contributed by atoms with Crippen molar-refractivity contribution < 1.29 is 28.4 Å². The minimum Gasteiger partial charge on any atom is -0.444 e. The summed E-state index contributed by atoms with van der Waals surface area (Å²) in [6.07, 6.45) is 1.01. The van der Waals surface area contributed by atoms with Crippen molar-refractivity contribution in [3.05, 3.63) is 71.4 Å². The maximum absolute atomic E-state index is 13.8. The molecule has 2 atom stereocenters. The second kappa shape index (κ2) is 10.5. The summed E-state index contributed by atoms with van der Waals surface area (Å²) in [7, 11) is 1.87. The Kier molecular flexibility index (Phi) is 7.64. The highest BCUT2D eigenvalue weighted by Gasteiger charge is 2.66. The maximum Gasteiger partial charge on any atom is 0.407 e. The number of nitrogens with one attached hydrogen (secondary N) is 2. The summed E-state index contributed by atoms with van der Waals surface area (Å²) >= 11 is 0. The number of aromatic amines is 1. The third kappa shape index (κ3) is 5.94. The summed E-state index contributed by atoms with van der Waals surface area (Å²) < 4.78 is 5.50. The van der Waals surface area contributed by atoms with Gasteiger partial charge in [-0.15, -0.1) is 0 Å². The fourth-order valence-corrected chi connectivity index (χ4v) is 5.07. The Balaban J connectivity index is 1.59. The number of fused-ring (bicyclic) bond motifs is 1. The fraction of sp³-hybridized carbons (Fsp3) is 0.419. The quantitative estimate of drug-likeness (QED) is 0.186. The van der Waals surface area contributed by atoms with Crippen molar-refractivity contribution in [1.82, 2.24) is 15.2 Å². The van der Waals surface area contributed by atoms with E-state index in [0.29, 0.717) is 11.9 Å². The van der Waals surface area contributed by atoms with Crippen molar-refractivity contribution in [2.75, 3.05) is 13.6 Å². The molecule has 3 aromatic rings. The number of likely N-dealkylation sites (N-methyl/N-ethyl adjacent to an activating group) is 1. The van der Waals surface area contributed by atoms with Crippen LogP contribution in [-0.4, -0.2) is 68.8 Å². The summed E-state index contributed by atoms with van der Waals surface area (Å²) in [5.74, 6) is -1.53. The molecule has 2 unspecified atom stereocenters. The number of carbonyl (C=O) groups is 4. The molecule has 1 aromatic heterocycles. The van der Waals surface area contributed by atoms with Gasteiger partial charge in [-0.3, -0.25) is 9.59 Å². The largest absolute Gasteiger partial charge is 0.444 e. The van der Waals surface area contributed by atoms with Crippen LogP contribution in [0.4, 0.5) is 4.79 Å². The SMILES string of the molecule is CC(C(=O)[N+]1(C)CC1(C)C)N(Cc1cccc(CNC(=O)OC(C)(C)C)c1)C(=O)C(=O)c1c[nH]c2ccccc12. The minimum atomic E-state index is -0.836. The molecule has 4 rings (SSSR count). The van der Waals surface area contributed by atoms with Gasteiger partial charge in [-0.25, -0.2) is 14.1 Å². The minimum absolute atomic E-state index is 0.0561. The summed E-state index contributed by atoms with van der Waals surface area (Å²) in [6.45, 7) is 12.0. The van der Waals surface area contributed by atoms with Crippen molar-refractivity contribution in [3.63, 3.8) is 0 Å². The zero-order valence-corrected chi connectivity index (χ0v) is 24.3. The molecule has 2 aromatic carbocycles. The van der Waals surface area contributed by atoms with E-state index in [0.717, 1.165) is 16.6 Å². The first-order valence-corrected chi connectivity index (χ1v) is 13.5. The van der Waals surface area contributed by atoms with Gasteiger partial charge in [-0.05, 0) is 58.7 Å². The van der Waals surface area contributed by atoms with Gasteiger partial charge in [0, 0.05) is 30.2 Å². The number of hydrogen-bond donors (Lipinski definition) is 2. The summed E-state index contributed by atoms with van der Waals surface area (Å²) in [6, 6.07) is 13.8. The molecule has 2 N–H and O–H groups in total. The highest BCUT2D eigenvalue weighted by atomic mass is 16.6. The van der Waals surface area contributed by atoms with E-state index in [1.807, 2.05) is 63.4 Å². The number of alkyl carbamates (subject to hydrolysis) is 1. The summed E-state index contributed by atoms with van der Waals surface area (Å²) in [5, 5.41) is 3.39. The Morgan fingerprint density at radius 1 is 1.07 bits per heavy atom. The van der Waals surface area contributed by atoms with Gasteiger partial charge in [0.05, 0.1) is 12.6 Å². The molecule has 1 aliphatic rings. The molecular weight excluding hydrogens is 508 g/mol. The van der Waals surface area contributed by atoms with Crippen LogP contribution in [0.5, 0.6) is 0 Å². The molecule has 0 saturated carbocycles. The molecule has 2 heterocycles. The zero-order valence-electron chi connectivity index (χ0n) is 24.3. The van der Waals surface area contributed by atoms with Gasteiger partial charge < -0.3 is 19.9 Å². The van der Waals surface area contributed by atoms with Crippen LogP contribution in [0.15, 0.2) is 54.7 Å². The molecule has 1 fully saturated rings. The van der Waals surface area contributed by atoms with Crippen LogP contribution in [-0.2, 0) is 27.4 Å². The number of para-hydroxylation sites is 1. The average Bonchev–Trinajstić information content (AvgIpc) is 3.20. The van der Waals surface area contributed by atoms with Gasteiger partial charge >= 0.3 is 12.0 Å². The fourth-order valence-electron chi connectivity index (χ4n) is 5.07. The molecule has 3 amide bonds. The lowest BCUT2D eigenvalue weighted by molar-refractivity contribution is -0.727. The van der Waals surface area contributed by atoms with Crippen molar-refractivity contribution in [3.8, 4) is 0 Å². The van der Waals surface area contributed by atoms with E-state index in [4.69, 9.17) is 4.74 Å². The van der Waals surface area contributed by atoms with Gasteiger partial charge in [0.1, 0.15) is 18.2 Å². The monoisotopic (exact) mass is 547 g/mol. The van der Waals surface area contributed by atoms with Crippen LogP contribution in [0.25, 0.3) is 10.9 Å². The van der Waals surface area contributed by atoms with Crippen LogP contribution in [0.2, 0.25) is 0 Å². The van der Waals surface area contributed by atoms with Crippen LogP contribution >= 0.6 is 0 Å². The topological polar surface area (TPSA) is 109 Å². The van der Waals surface area contributed by atoms with Gasteiger partial charge in [0.2, 0.25) is 0 Å². The molecule has 40 heavy (non-hydrogen) atoms. The van der Waals surface area contributed by atoms with E-state index in [-0.39, 0.29) is 34.6 Å². The Bertz CT molecular complexity index is 1470. The average molecular weight is 548 g/mol. The van der Waals surface area contributed by atoms with E-state index >= 15 is 0 Å². The van der Waals surface area contributed by atoms with E-state index in [1.165, 1.54) is 4.90 Å². The number of hydrogen-bond acceptors (Lipinski definition) is 5. The molecule has 1 saturated heterocycles. The smallest absolute Gasteiger partial charge is 0.407 e. The van der Waals surface area contributed by atoms with E-state index in [2.05, 4.69) is 10.3 Å². The van der Waals surface area contributed by atoms with Crippen molar-refractivity contribution in [2.45, 2.75) is 71.8 Å². The number of carbonyl (C=O) groups excluding carboxylic acids is 4. The lowest BCUT2D eigenvalue weighted by Crippen LogP contribution is -2.52. The summed E-state index contributed by atoms with van der Waals surface area (Å²) in [5.41, 5.74) is 1.71. The number of ketones is 1. The van der Waals surface area contributed by atoms with Gasteiger partial charge in [0.25, 0.3) is 11.7 Å². The van der Waals surface area contributed by atoms with Gasteiger partial charge in [-0.1, -0.05) is 42.5 Å². The van der Waals surface area contributed by atoms with Crippen LogP contribution < -0.4 is 5.32 Å². The second-order valence-corrected chi connectivity index (χ2v) is 12.4. The Morgan fingerprint density at radius 2 is 1.73 bits per heavy atom. The second-order valence-electron chi connectivity index (χ2n) is 12.4. The number of aromatic nitrogens is 1. The highest BCUT2D eigenvalue weighted by molar-refractivity contribution is 6.45. The third-order valence-electron chi connectivity index (χ3n) is 7.72. The lowest BCUT2D eigenvalue weighted by Gasteiger charge is -2.29. The number of benzene rings is 2. The first kappa shape index (κ1) is 29.0. The van der Waals surface area contributed by atoms with E-state index in [9.17, 15) is 19.2 Å². The van der Waals surface area contributed by atoms with E-state index in [1.54, 1.807) is 40.0 Å². The molecule has 9 heteroatoms. The highest BCUT2D eigenvalue weighted by Crippen LogP contribution is 2.41. The third-order valence-corrected chi connectivity index (χ3v) is 7.72. The molecule has 9 nitrogen and oxygen atoms in total. The van der Waals surface area contributed by atoms with Crippen LogP contribution in [0.1, 0.15) is 63.0 Å². The Hall–Kier alpha value is -3.98. The van der Waals surface area contributed by atoms with E-state index < -0.39 is 29.4 Å². The first-order valence-electron chi connectivity index (χ1n) is 13.5. The van der Waals surface area contributed by atoms with Crippen molar-refractivity contribution in [1.29, 1.82) is 0 Å². The van der Waals surface area contributed by atoms with Gasteiger partial charge in [0.15, 0.2) is 5.54 Å². The number of nitrogens with zero attached hydrogens (tertiary/aromatic N) is 2. The van der Waals surface area contributed by atoms with Gasteiger partial charge in [-0.2, -0.15) is 0 Å². The molecule has 1 aliphatic heterocycles. The number of quaternary nitrogens is 1. The molecule has 212 valence electrons. The molecular formula is C31H39N4O5+. The number of H-pyrrole nitrogens is 1. The summed E-state index contributed by atoms with van der Waals surface area (Å²) in [4.78, 5) is 57.5. The van der Waals surface area contributed by atoms with Crippen LogP contribution in [0, 0.1) is 0 Å². The predicted octanol–water partition coefficient (Wildman–Crippen LogP) is 4.56.